The predicted molar refractivity (Wildman–Crippen MR) is 148 cm³/mol. The summed E-state index contributed by atoms with van der Waals surface area (Å²) in [5.74, 6) is -0.320. The Kier molecular flexibility index (Phi) is 6.83. The quantitative estimate of drug-likeness (QED) is 0.424. The average Bonchev–Trinajstić information content (AvgIpc) is 3.28. The number of carbonyl (C=O) groups is 1. The van der Waals surface area contributed by atoms with E-state index >= 15 is 0 Å². The summed E-state index contributed by atoms with van der Waals surface area (Å²) >= 11 is 0. The van der Waals surface area contributed by atoms with Gasteiger partial charge in [-0.2, -0.15) is 0 Å². The minimum absolute atomic E-state index is 0.0887. The molecule has 0 unspecified atom stereocenters. The van der Waals surface area contributed by atoms with Crippen molar-refractivity contribution in [1.29, 1.82) is 0 Å². The molecule has 2 aliphatic heterocycles. The molecule has 3 heterocycles. The van der Waals surface area contributed by atoms with E-state index in [0.29, 0.717) is 28.9 Å². The van der Waals surface area contributed by atoms with E-state index < -0.39 is 9.84 Å². The van der Waals surface area contributed by atoms with Gasteiger partial charge in [-0.25, -0.2) is 8.42 Å². The van der Waals surface area contributed by atoms with Gasteiger partial charge in [0.2, 0.25) is 0 Å². The Hall–Kier alpha value is -3.20. The Morgan fingerprint density at radius 1 is 1.03 bits per heavy atom. The zero-order valence-corrected chi connectivity index (χ0v) is 22.6. The predicted octanol–water partition coefficient (Wildman–Crippen LogP) is 4.28. The molecule has 3 N–H and O–H groups in total. The average molecular weight is 519 g/mol. The van der Waals surface area contributed by atoms with E-state index in [0.717, 1.165) is 42.1 Å². The SMILES string of the molecule is Cc1[nH]c(/C=C2\C(=O)Nc3ccc(S(=O)(=O)Cc4ccccc4)cc32)c(C)c1CN1C[C@@H](C)N[C@@H](C)C1. The fraction of sp³-hybridized carbons (Fsp3) is 0.345. The molecule has 2 aromatic carbocycles. The number of aromatic amines is 1. The molecule has 5 rings (SSSR count). The maximum atomic E-state index is 13.1. The number of hydrogen-bond donors (Lipinski definition) is 3. The van der Waals surface area contributed by atoms with Crippen LogP contribution in [0.15, 0.2) is 53.4 Å². The van der Waals surface area contributed by atoms with Crippen LogP contribution in [-0.4, -0.2) is 49.4 Å². The number of sulfone groups is 1. The van der Waals surface area contributed by atoms with Crippen LogP contribution in [0.3, 0.4) is 0 Å². The van der Waals surface area contributed by atoms with Crippen molar-refractivity contribution in [1.82, 2.24) is 15.2 Å². The van der Waals surface area contributed by atoms with Gasteiger partial charge in [-0.1, -0.05) is 30.3 Å². The first-order valence-corrected chi connectivity index (χ1v) is 14.4. The number of hydrogen-bond acceptors (Lipinski definition) is 5. The highest BCUT2D eigenvalue weighted by molar-refractivity contribution is 7.90. The second-order valence-electron chi connectivity index (χ2n) is 10.4. The van der Waals surface area contributed by atoms with Crippen LogP contribution in [0.25, 0.3) is 11.6 Å². The second kappa shape index (κ2) is 9.93. The Morgan fingerprint density at radius 3 is 2.43 bits per heavy atom. The number of amides is 1. The van der Waals surface area contributed by atoms with Gasteiger partial charge in [-0.15, -0.1) is 0 Å². The number of aryl methyl sites for hydroxylation is 1. The molecule has 2 aliphatic rings. The highest BCUT2D eigenvalue weighted by Gasteiger charge is 2.28. The number of aromatic nitrogens is 1. The molecule has 0 radical (unpaired) electrons. The number of rotatable bonds is 6. The van der Waals surface area contributed by atoms with E-state index in [2.05, 4.69) is 48.2 Å². The molecule has 0 spiro atoms. The van der Waals surface area contributed by atoms with Crippen molar-refractivity contribution < 1.29 is 13.2 Å². The Bertz CT molecular complexity index is 1460. The minimum atomic E-state index is -3.57. The molecule has 0 saturated carbocycles. The number of piperazine rings is 1. The summed E-state index contributed by atoms with van der Waals surface area (Å²) < 4.78 is 26.3. The molecule has 1 fully saturated rings. The topological polar surface area (TPSA) is 94.3 Å². The van der Waals surface area contributed by atoms with E-state index in [1.165, 1.54) is 5.56 Å². The van der Waals surface area contributed by atoms with Crippen molar-refractivity contribution in [3.8, 4) is 0 Å². The summed E-state index contributed by atoms with van der Waals surface area (Å²) in [5, 5.41) is 6.46. The summed E-state index contributed by atoms with van der Waals surface area (Å²) in [6.45, 7) is 11.4. The van der Waals surface area contributed by atoms with Crippen LogP contribution in [0.2, 0.25) is 0 Å². The molecule has 1 saturated heterocycles. The lowest BCUT2D eigenvalue weighted by Crippen LogP contribution is -2.53. The van der Waals surface area contributed by atoms with E-state index in [-0.39, 0.29) is 16.6 Å². The fourth-order valence-electron chi connectivity index (χ4n) is 5.51. The molecule has 8 heteroatoms. The van der Waals surface area contributed by atoms with Crippen LogP contribution in [0.5, 0.6) is 0 Å². The van der Waals surface area contributed by atoms with Gasteiger partial charge in [0.05, 0.1) is 16.2 Å². The van der Waals surface area contributed by atoms with Gasteiger partial charge < -0.3 is 15.6 Å². The summed E-state index contributed by atoms with van der Waals surface area (Å²) in [6, 6.07) is 14.9. The molecule has 0 bridgehead atoms. The lowest BCUT2D eigenvalue weighted by atomic mass is 10.0. The molecule has 1 aromatic heterocycles. The highest BCUT2D eigenvalue weighted by atomic mass is 32.2. The standard InChI is InChI=1S/C29H34N4O3S/c1-18-14-33(15-19(2)30-18)16-26-20(3)28(31-21(26)4)13-25-24-12-23(10-11-27(24)32-29(25)34)37(35,36)17-22-8-6-5-7-9-22/h5-13,18-19,30-31H,14-17H2,1-4H3,(H,32,34)/b25-13-/t18-,19+. The smallest absolute Gasteiger partial charge is 0.256 e. The van der Waals surface area contributed by atoms with Crippen LogP contribution < -0.4 is 10.6 Å². The molecule has 3 aromatic rings. The van der Waals surface area contributed by atoms with Gasteiger partial charge in [0, 0.05) is 54.4 Å². The Labute approximate surface area is 218 Å². The highest BCUT2D eigenvalue weighted by Crippen LogP contribution is 2.36. The van der Waals surface area contributed by atoms with E-state index in [1.807, 2.05) is 24.3 Å². The maximum Gasteiger partial charge on any atom is 0.256 e. The first kappa shape index (κ1) is 25.4. The van der Waals surface area contributed by atoms with Gasteiger partial charge >= 0.3 is 0 Å². The summed E-state index contributed by atoms with van der Waals surface area (Å²) in [4.78, 5) is 19.1. The molecular formula is C29H34N4O3S. The van der Waals surface area contributed by atoms with Crippen molar-refractivity contribution in [3.05, 3.63) is 82.2 Å². The number of H-pyrrole nitrogens is 1. The monoisotopic (exact) mass is 518 g/mol. The fourth-order valence-corrected chi connectivity index (χ4v) is 6.89. The van der Waals surface area contributed by atoms with Crippen LogP contribution in [0.4, 0.5) is 5.69 Å². The number of benzene rings is 2. The Morgan fingerprint density at radius 2 is 1.73 bits per heavy atom. The van der Waals surface area contributed by atoms with Gasteiger partial charge in [0.25, 0.3) is 5.91 Å². The molecule has 1 amide bonds. The van der Waals surface area contributed by atoms with E-state index in [1.54, 1.807) is 30.3 Å². The first-order chi connectivity index (χ1) is 17.6. The molecule has 7 nitrogen and oxygen atoms in total. The van der Waals surface area contributed by atoms with E-state index in [9.17, 15) is 13.2 Å². The van der Waals surface area contributed by atoms with Crippen LogP contribution in [-0.2, 0) is 26.9 Å². The van der Waals surface area contributed by atoms with Gasteiger partial charge in [-0.05, 0) is 68.7 Å². The summed E-state index contributed by atoms with van der Waals surface area (Å²) in [6.07, 6.45) is 1.85. The number of nitrogens with one attached hydrogen (secondary N) is 3. The summed E-state index contributed by atoms with van der Waals surface area (Å²) in [7, 11) is -3.57. The first-order valence-electron chi connectivity index (χ1n) is 12.7. The lowest BCUT2D eigenvalue weighted by molar-refractivity contribution is -0.110. The molecule has 37 heavy (non-hydrogen) atoms. The van der Waals surface area contributed by atoms with E-state index in [4.69, 9.17) is 0 Å². The third-order valence-electron chi connectivity index (χ3n) is 7.27. The van der Waals surface area contributed by atoms with Crippen molar-refractivity contribution in [3.63, 3.8) is 0 Å². The minimum Gasteiger partial charge on any atom is -0.359 e. The van der Waals surface area contributed by atoms with Crippen molar-refractivity contribution >= 4 is 33.1 Å². The van der Waals surface area contributed by atoms with Crippen molar-refractivity contribution in [2.24, 2.45) is 0 Å². The molecule has 194 valence electrons. The number of carbonyl (C=O) groups excluding carboxylic acids is 1. The van der Waals surface area contributed by atoms with Crippen molar-refractivity contribution in [2.45, 2.75) is 57.0 Å². The van der Waals surface area contributed by atoms with Gasteiger partial charge in [0.1, 0.15) is 0 Å². The Balaban J connectivity index is 1.45. The van der Waals surface area contributed by atoms with Crippen LogP contribution in [0.1, 0.15) is 47.5 Å². The van der Waals surface area contributed by atoms with Gasteiger partial charge in [-0.3, -0.25) is 9.69 Å². The lowest BCUT2D eigenvalue weighted by Gasteiger charge is -2.36. The molecular weight excluding hydrogens is 484 g/mol. The third kappa shape index (κ3) is 5.28. The number of anilines is 1. The van der Waals surface area contributed by atoms with Gasteiger partial charge in [0.15, 0.2) is 9.84 Å². The zero-order valence-electron chi connectivity index (χ0n) is 21.8. The number of nitrogens with zero attached hydrogens (tertiary/aromatic N) is 1. The van der Waals surface area contributed by atoms with Crippen LogP contribution >= 0.6 is 0 Å². The van der Waals surface area contributed by atoms with Crippen LogP contribution in [0, 0.1) is 13.8 Å². The normalized spacial score (nSPS) is 21.3. The van der Waals surface area contributed by atoms with Crippen molar-refractivity contribution in [2.75, 3.05) is 18.4 Å². The number of fused-ring (bicyclic) bond motifs is 1. The second-order valence-corrected chi connectivity index (χ2v) is 12.4. The summed E-state index contributed by atoms with van der Waals surface area (Å²) in [5.41, 5.74) is 6.74. The third-order valence-corrected chi connectivity index (χ3v) is 8.95. The largest absolute Gasteiger partial charge is 0.359 e. The maximum absolute atomic E-state index is 13.1. The molecule has 0 aliphatic carbocycles. The zero-order chi connectivity index (χ0) is 26.3. The molecule has 2 atom stereocenters.